The van der Waals surface area contributed by atoms with E-state index in [1.54, 1.807) is 12.1 Å². The number of halogens is 3. The predicted molar refractivity (Wildman–Crippen MR) is 97.3 cm³/mol. The Morgan fingerprint density at radius 2 is 1.88 bits per heavy atom. The van der Waals surface area contributed by atoms with E-state index in [-0.39, 0.29) is 32.1 Å². The molecule has 0 aliphatic rings. The fourth-order valence-electron chi connectivity index (χ4n) is 2.13. The number of carbonyl (C=O) groups is 1. The van der Waals surface area contributed by atoms with Crippen LogP contribution in [0.5, 0.6) is 0 Å². The number of nitro benzene ring substituents is 1. The third kappa shape index (κ3) is 3.96. The lowest BCUT2D eigenvalue weighted by Gasteiger charge is -2.04. The zero-order valence-electron chi connectivity index (χ0n) is 12.6. The van der Waals surface area contributed by atoms with Crippen LogP contribution in [0.4, 0.5) is 5.69 Å². The van der Waals surface area contributed by atoms with Crippen LogP contribution in [0.15, 0.2) is 36.4 Å². The molecule has 2 rings (SSSR count). The van der Waals surface area contributed by atoms with Gasteiger partial charge < -0.3 is 0 Å². The molecule has 0 radical (unpaired) electrons. The van der Waals surface area contributed by atoms with Crippen molar-refractivity contribution in [1.29, 1.82) is 0 Å². The van der Waals surface area contributed by atoms with Gasteiger partial charge in [0.2, 0.25) is 0 Å². The maximum Gasteiger partial charge on any atom is 0.273 e. The van der Waals surface area contributed by atoms with Gasteiger partial charge >= 0.3 is 0 Å². The molecule has 0 saturated carbocycles. The number of rotatable bonds is 5. The largest absolute Gasteiger partial charge is 0.289 e. The highest BCUT2D eigenvalue weighted by Crippen LogP contribution is 2.33. The number of allylic oxidation sites excluding steroid dienone is 1. The van der Waals surface area contributed by atoms with E-state index in [9.17, 15) is 14.9 Å². The van der Waals surface area contributed by atoms with E-state index in [0.717, 1.165) is 0 Å². The van der Waals surface area contributed by atoms with Crippen molar-refractivity contribution in [1.82, 2.24) is 0 Å². The standard InChI is InChI=1S/C17H12Cl3NO3/c1-2-11-5-3-10(9-14(11)21(23)24)4-8-15(22)12-6-7-13(18)17(20)16(12)19/h3-9H,2H2,1H3/b8-4+. The van der Waals surface area contributed by atoms with E-state index in [4.69, 9.17) is 34.8 Å². The van der Waals surface area contributed by atoms with Gasteiger partial charge in [0.25, 0.3) is 5.69 Å². The molecular weight excluding hydrogens is 373 g/mol. The van der Waals surface area contributed by atoms with E-state index in [1.165, 1.54) is 30.4 Å². The van der Waals surface area contributed by atoms with Crippen LogP contribution in [0.3, 0.4) is 0 Å². The van der Waals surface area contributed by atoms with Crippen LogP contribution in [-0.4, -0.2) is 10.7 Å². The quantitative estimate of drug-likeness (QED) is 0.208. The van der Waals surface area contributed by atoms with Gasteiger partial charge in [0.1, 0.15) is 0 Å². The summed E-state index contributed by atoms with van der Waals surface area (Å²) in [6.45, 7) is 1.84. The maximum atomic E-state index is 12.2. The molecule has 2 aromatic carbocycles. The molecule has 0 spiro atoms. The molecule has 124 valence electrons. The lowest BCUT2D eigenvalue weighted by molar-refractivity contribution is -0.385. The summed E-state index contributed by atoms with van der Waals surface area (Å²) < 4.78 is 0. The summed E-state index contributed by atoms with van der Waals surface area (Å²) in [5.41, 5.74) is 1.42. The Labute approximate surface area is 153 Å². The average Bonchev–Trinajstić information content (AvgIpc) is 2.57. The highest BCUT2D eigenvalue weighted by atomic mass is 35.5. The van der Waals surface area contributed by atoms with Crippen LogP contribution >= 0.6 is 34.8 Å². The monoisotopic (exact) mass is 383 g/mol. The van der Waals surface area contributed by atoms with Crippen molar-refractivity contribution < 1.29 is 9.72 Å². The molecule has 2 aromatic rings. The lowest BCUT2D eigenvalue weighted by atomic mass is 10.1. The number of hydrogen-bond acceptors (Lipinski definition) is 3. The van der Waals surface area contributed by atoms with Gasteiger partial charge in [-0.15, -0.1) is 0 Å². The zero-order chi connectivity index (χ0) is 17.9. The Morgan fingerprint density at radius 1 is 1.17 bits per heavy atom. The minimum absolute atomic E-state index is 0.0275. The Balaban J connectivity index is 2.31. The highest BCUT2D eigenvalue weighted by Gasteiger charge is 2.14. The van der Waals surface area contributed by atoms with Gasteiger partial charge in [0.15, 0.2) is 5.78 Å². The van der Waals surface area contributed by atoms with E-state index >= 15 is 0 Å². The second-order valence-electron chi connectivity index (χ2n) is 4.92. The van der Waals surface area contributed by atoms with Gasteiger partial charge in [-0.2, -0.15) is 0 Å². The van der Waals surface area contributed by atoms with E-state index in [2.05, 4.69) is 0 Å². The molecule has 0 aliphatic carbocycles. The second-order valence-corrected chi connectivity index (χ2v) is 6.08. The molecule has 0 fully saturated rings. The van der Waals surface area contributed by atoms with Crippen molar-refractivity contribution >= 4 is 52.3 Å². The van der Waals surface area contributed by atoms with Crippen molar-refractivity contribution in [3.8, 4) is 0 Å². The van der Waals surface area contributed by atoms with Crippen LogP contribution in [-0.2, 0) is 6.42 Å². The topological polar surface area (TPSA) is 60.2 Å². The fraction of sp³-hybridized carbons (Fsp3) is 0.118. The fourth-order valence-corrected chi connectivity index (χ4v) is 2.76. The Kier molecular flexibility index (Phi) is 5.99. The number of aryl methyl sites for hydroxylation is 1. The number of hydrogen-bond donors (Lipinski definition) is 0. The molecule has 0 bridgehead atoms. The van der Waals surface area contributed by atoms with Crippen LogP contribution in [0, 0.1) is 10.1 Å². The van der Waals surface area contributed by atoms with Crippen molar-refractivity contribution in [3.05, 3.63) is 78.3 Å². The molecule has 0 unspecified atom stereocenters. The number of carbonyl (C=O) groups excluding carboxylic acids is 1. The number of nitro groups is 1. The Morgan fingerprint density at radius 3 is 2.50 bits per heavy atom. The minimum Gasteiger partial charge on any atom is -0.289 e. The second kappa shape index (κ2) is 7.79. The van der Waals surface area contributed by atoms with Crippen LogP contribution in [0.1, 0.15) is 28.4 Å². The minimum atomic E-state index is -0.437. The first-order valence-corrected chi connectivity index (χ1v) is 8.11. The highest BCUT2D eigenvalue weighted by molar-refractivity contribution is 6.49. The summed E-state index contributed by atoms with van der Waals surface area (Å²) in [6.07, 6.45) is 3.34. The first kappa shape index (κ1) is 18.5. The van der Waals surface area contributed by atoms with Crippen molar-refractivity contribution in [2.75, 3.05) is 0 Å². The molecule has 0 N–H and O–H groups in total. The van der Waals surface area contributed by atoms with E-state index in [0.29, 0.717) is 17.5 Å². The molecule has 7 heteroatoms. The summed E-state index contributed by atoms with van der Waals surface area (Å²) in [4.78, 5) is 22.9. The van der Waals surface area contributed by atoms with Gasteiger partial charge in [-0.3, -0.25) is 14.9 Å². The SMILES string of the molecule is CCc1ccc(/C=C/C(=O)c2ccc(Cl)c(Cl)c2Cl)cc1[N+](=O)[O-]. The van der Waals surface area contributed by atoms with Gasteiger partial charge in [-0.05, 0) is 30.2 Å². The van der Waals surface area contributed by atoms with Crippen molar-refractivity contribution in [2.24, 2.45) is 0 Å². The number of ketones is 1. The van der Waals surface area contributed by atoms with Crippen LogP contribution < -0.4 is 0 Å². The Bertz CT molecular complexity index is 847. The average molecular weight is 385 g/mol. The summed E-state index contributed by atoms with van der Waals surface area (Å²) in [7, 11) is 0. The smallest absolute Gasteiger partial charge is 0.273 e. The van der Waals surface area contributed by atoms with Crippen molar-refractivity contribution in [3.63, 3.8) is 0 Å². The van der Waals surface area contributed by atoms with Crippen LogP contribution in [0.2, 0.25) is 15.1 Å². The number of benzene rings is 2. The molecule has 24 heavy (non-hydrogen) atoms. The third-order valence-corrected chi connectivity index (χ3v) is 4.71. The molecule has 0 aromatic heterocycles. The predicted octanol–water partition coefficient (Wildman–Crippen LogP) is 6.01. The molecule has 0 heterocycles. The molecular formula is C17H12Cl3NO3. The van der Waals surface area contributed by atoms with Gasteiger partial charge in [-0.1, -0.05) is 59.9 Å². The molecule has 0 aliphatic heterocycles. The maximum absolute atomic E-state index is 12.2. The van der Waals surface area contributed by atoms with Gasteiger partial charge in [0, 0.05) is 17.2 Å². The Hall–Kier alpha value is -1.88. The van der Waals surface area contributed by atoms with Gasteiger partial charge in [0.05, 0.1) is 20.0 Å². The summed E-state index contributed by atoms with van der Waals surface area (Å²) >= 11 is 17.8. The zero-order valence-corrected chi connectivity index (χ0v) is 14.8. The first-order valence-electron chi connectivity index (χ1n) is 6.98. The lowest BCUT2D eigenvalue weighted by Crippen LogP contribution is -1.97. The van der Waals surface area contributed by atoms with Gasteiger partial charge in [-0.25, -0.2) is 0 Å². The third-order valence-electron chi connectivity index (χ3n) is 3.41. The molecule has 0 amide bonds. The summed E-state index contributed by atoms with van der Waals surface area (Å²) in [6, 6.07) is 7.78. The van der Waals surface area contributed by atoms with Crippen LogP contribution in [0.25, 0.3) is 6.08 Å². The number of nitrogens with zero attached hydrogens (tertiary/aromatic N) is 1. The first-order chi connectivity index (χ1) is 11.3. The molecule has 0 atom stereocenters. The molecule has 0 saturated heterocycles. The summed E-state index contributed by atoms with van der Waals surface area (Å²) in [5, 5.41) is 11.5. The van der Waals surface area contributed by atoms with Crippen molar-refractivity contribution in [2.45, 2.75) is 13.3 Å². The van der Waals surface area contributed by atoms with E-state index in [1.807, 2.05) is 6.92 Å². The van der Waals surface area contributed by atoms with E-state index < -0.39 is 4.92 Å². The molecule has 4 nitrogen and oxygen atoms in total. The summed E-state index contributed by atoms with van der Waals surface area (Å²) in [5.74, 6) is -0.374. The normalized spacial score (nSPS) is 11.0.